The van der Waals surface area contributed by atoms with Gasteiger partial charge in [-0.3, -0.25) is 0 Å². The molecule has 0 aliphatic heterocycles. The first-order valence-electron chi connectivity index (χ1n) is 6.34. The quantitative estimate of drug-likeness (QED) is 0.814. The lowest BCUT2D eigenvalue weighted by molar-refractivity contribution is 0.506. The van der Waals surface area contributed by atoms with E-state index in [1.165, 1.54) is 6.07 Å². The highest BCUT2D eigenvalue weighted by Crippen LogP contribution is 2.10. The number of imidazole rings is 1. The van der Waals surface area contributed by atoms with Crippen LogP contribution >= 0.6 is 0 Å². The van der Waals surface area contributed by atoms with Gasteiger partial charge in [0.2, 0.25) is 0 Å². The second kappa shape index (κ2) is 6.43. The van der Waals surface area contributed by atoms with Crippen LogP contribution in [-0.2, 0) is 13.1 Å². The van der Waals surface area contributed by atoms with E-state index in [1.807, 2.05) is 10.8 Å². The average molecular weight is 265 g/mol. The lowest BCUT2D eigenvalue weighted by Crippen LogP contribution is -2.13. The van der Waals surface area contributed by atoms with E-state index in [4.69, 9.17) is 0 Å². The normalized spacial score (nSPS) is 10.9. The van der Waals surface area contributed by atoms with Crippen molar-refractivity contribution >= 4 is 0 Å². The van der Waals surface area contributed by atoms with E-state index in [-0.39, 0.29) is 0 Å². The van der Waals surface area contributed by atoms with Gasteiger partial charge in [-0.2, -0.15) is 0 Å². The monoisotopic (exact) mass is 265 g/mol. The molecule has 0 aliphatic carbocycles. The van der Waals surface area contributed by atoms with Crippen LogP contribution in [0.15, 0.2) is 30.7 Å². The minimum Gasteiger partial charge on any atom is -0.333 e. The molecule has 2 rings (SSSR count). The zero-order valence-corrected chi connectivity index (χ0v) is 10.9. The summed E-state index contributed by atoms with van der Waals surface area (Å²) in [6.07, 6.45) is 4.68. The number of nitrogens with zero attached hydrogens (tertiary/aromatic N) is 2. The van der Waals surface area contributed by atoms with Crippen LogP contribution < -0.4 is 5.32 Å². The smallest absolute Gasteiger partial charge is 0.159 e. The molecule has 3 nitrogen and oxygen atoms in total. The first-order valence-corrected chi connectivity index (χ1v) is 6.34. The van der Waals surface area contributed by atoms with Crippen LogP contribution in [0, 0.1) is 11.6 Å². The van der Waals surface area contributed by atoms with Crippen molar-refractivity contribution in [3.8, 4) is 0 Å². The Kier molecular flexibility index (Phi) is 4.63. The molecule has 1 heterocycles. The van der Waals surface area contributed by atoms with E-state index in [9.17, 15) is 8.78 Å². The van der Waals surface area contributed by atoms with Gasteiger partial charge in [0.1, 0.15) is 0 Å². The lowest BCUT2D eigenvalue weighted by Gasteiger charge is -2.03. The van der Waals surface area contributed by atoms with Gasteiger partial charge in [-0.1, -0.05) is 13.0 Å². The van der Waals surface area contributed by atoms with Crippen molar-refractivity contribution < 1.29 is 8.78 Å². The fraction of sp³-hybridized carbons (Fsp3) is 0.357. The fourth-order valence-electron chi connectivity index (χ4n) is 1.83. The zero-order valence-electron chi connectivity index (χ0n) is 10.9. The maximum atomic E-state index is 13.1. The van der Waals surface area contributed by atoms with Gasteiger partial charge in [0.05, 0.1) is 12.0 Å². The molecule has 5 heteroatoms. The zero-order chi connectivity index (χ0) is 13.7. The van der Waals surface area contributed by atoms with Gasteiger partial charge in [-0.05, 0) is 30.7 Å². The Bertz CT molecular complexity index is 537. The molecule has 1 aromatic heterocycles. The summed E-state index contributed by atoms with van der Waals surface area (Å²) in [5.41, 5.74) is 1.65. The van der Waals surface area contributed by atoms with Gasteiger partial charge in [0.25, 0.3) is 0 Å². The molecule has 0 bridgehead atoms. The summed E-state index contributed by atoms with van der Waals surface area (Å²) in [6.45, 7) is 4.27. The van der Waals surface area contributed by atoms with Gasteiger partial charge in [-0.15, -0.1) is 0 Å². The number of halogens is 2. The van der Waals surface area contributed by atoms with E-state index in [0.29, 0.717) is 12.1 Å². The maximum absolute atomic E-state index is 13.1. The summed E-state index contributed by atoms with van der Waals surface area (Å²) in [7, 11) is 0. The molecule has 102 valence electrons. The third-order valence-corrected chi connectivity index (χ3v) is 2.77. The van der Waals surface area contributed by atoms with Crippen molar-refractivity contribution in [1.29, 1.82) is 0 Å². The SMILES string of the molecule is CCCNCc1cn(Cc2ccc(F)c(F)c2)cn1. The van der Waals surface area contributed by atoms with E-state index in [0.717, 1.165) is 31.3 Å². The maximum Gasteiger partial charge on any atom is 0.159 e. The van der Waals surface area contributed by atoms with E-state index in [2.05, 4.69) is 17.2 Å². The summed E-state index contributed by atoms with van der Waals surface area (Å²) >= 11 is 0. The highest BCUT2D eigenvalue weighted by molar-refractivity contribution is 5.18. The van der Waals surface area contributed by atoms with Crippen LogP contribution in [0.4, 0.5) is 8.78 Å². The van der Waals surface area contributed by atoms with Crippen molar-refractivity contribution in [2.75, 3.05) is 6.54 Å². The van der Waals surface area contributed by atoms with Gasteiger partial charge in [0.15, 0.2) is 11.6 Å². The van der Waals surface area contributed by atoms with E-state index in [1.54, 1.807) is 12.4 Å². The predicted molar refractivity (Wildman–Crippen MR) is 69.7 cm³/mol. The summed E-state index contributed by atoms with van der Waals surface area (Å²) < 4.78 is 27.8. The highest BCUT2D eigenvalue weighted by atomic mass is 19.2. The summed E-state index contributed by atoms with van der Waals surface area (Å²) in [4.78, 5) is 4.26. The first-order chi connectivity index (χ1) is 9.19. The summed E-state index contributed by atoms with van der Waals surface area (Å²) in [5, 5.41) is 3.26. The van der Waals surface area contributed by atoms with Crippen LogP contribution in [0.25, 0.3) is 0 Å². The number of hydrogen-bond donors (Lipinski definition) is 1. The molecule has 0 atom stereocenters. The van der Waals surface area contributed by atoms with E-state index >= 15 is 0 Å². The van der Waals surface area contributed by atoms with Crippen molar-refractivity contribution in [3.63, 3.8) is 0 Å². The fourth-order valence-corrected chi connectivity index (χ4v) is 1.83. The first kappa shape index (κ1) is 13.7. The Labute approximate surface area is 111 Å². The average Bonchev–Trinajstić information content (AvgIpc) is 2.82. The largest absolute Gasteiger partial charge is 0.333 e. The van der Waals surface area contributed by atoms with Gasteiger partial charge >= 0.3 is 0 Å². The molecular weight excluding hydrogens is 248 g/mol. The number of hydrogen-bond acceptors (Lipinski definition) is 2. The molecule has 0 saturated heterocycles. The minimum atomic E-state index is -0.821. The van der Waals surface area contributed by atoms with Crippen molar-refractivity contribution in [1.82, 2.24) is 14.9 Å². The molecule has 0 saturated carbocycles. The highest BCUT2D eigenvalue weighted by Gasteiger charge is 2.04. The number of aromatic nitrogens is 2. The summed E-state index contributed by atoms with van der Waals surface area (Å²) in [6, 6.07) is 3.93. The van der Waals surface area contributed by atoms with Crippen molar-refractivity contribution in [2.24, 2.45) is 0 Å². The number of benzene rings is 1. The molecule has 0 fully saturated rings. The van der Waals surface area contributed by atoms with Gasteiger partial charge in [-0.25, -0.2) is 13.8 Å². The Hall–Kier alpha value is -1.75. The van der Waals surface area contributed by atoms with Crippen LogP contribution in [0.3, 0.4) is 0 Å². The molecule has 0 spiro atoms. The molecule has 1 N–H and O–H groups in total. The lowest BCUT2D eigenvalue weighted by atomic mass is 10.2. The Morgan fingerprint density at radius 3 is 2.84 bits per heavy atom. The molecule has 1 aromatic carbocycles. The van der Waals surface area contributed by atoms with Crippen LogP contribution in [-0.4, -0.2) is 16.1 Å². The van der Waals surface area contributed by atoms with Crippen LogP contribution in [0.1, 0.15) is 24.6 Å². The standard InChI is InChI=1S/C14H17F2N3/c1-2-5-17-7-12-9-19(10-18-12)8-11-3-4-13(15)14(16)6-11/h3-4,6,9-10,17H,2,5,7-8H2,1H3. The molecular formula is C14H17F2N3. The Morgan fingerprint density at radius 1 is 1.26 bits per heavy atom. The topological polar surface area (TPSA) is 29.9 Å². The Morgan fingerprint density at radius 2 is 2.11 bits per heavy atom. The molecule has 0 unspecified atom stereocenters. The third-order valence-electron chi connectivity index (χ3n) is 2.77. The minimum absolute atomic E-state index is 0.484. The predicted octanol–water partition coefficient (Wildman–Crippen LogP) is 2.71. The number of nitrogens with one attached hydrogen (secondary N) is 1. The van der Waals surface area contributed by atoms with E-state index < -0.39 is 11.6 Å². The molecule has 2 aromatic rings. The van der Waals surface area contributed by atoms with Gasteiger partial charge < -0.3 is 9.88 Å². The second-order valence-corrected chi connectivity index (χ2v) is 4.46. The molecule has 0 radical (unpaired) electrons. The molecule has 0 amide bonds. The molecule has 19 heavy (non-hydrogen) atoms. The van der Waals surface area contributed by atoms with Crippen molar-refractivity contribution in [3.05, 3.63) is 53.6 Å². The number of rotatable bonds is 6. The van der Waals surface area contributed by atoms with Crippen LogP contribution in [0.5, 0.6) is 0 Å². The van der Waals surface area contributed by atoms with Gasteiger partial charge in [0, 0.05) is 19.3 Å². The Balaban J connectivity index is 1.97. The molecule has 0 aliphatic rings. The third kappa shape index (κ3) is 3.86. The summed E-state index contributed by atoms with van der Waals surface area (Å²) in [5.74, 6) is -1.64. The van der Waals surface area contributed by atoms with Crippen LogP contribution in [0.2, 0.25) is 0 Å². The second-order valence-electron chi connectivity index (χ2n) is 4.46. The van der Waals surface area contributed by atoms with Crippen molar-refractivity contribution in [2.45, 2.75) is 26.4 Å².